The van der Waals surface area contributed by atoms with E-state index < -0.39 is 5.82 Å². The molecule has 0 bridgehead atoms. The SMILES string of the molecule is O=C(c1cccc(F)c1)c1ncccc1Br. The fourth-order valence-electron chi connectivity index (χ4n) is 1.32. The first-order valence-electron chi connectivity index (χ1n) is 4.59. The van der Waals surface area contributed by atoms with Gasteiger partial charge in [-0.15, -0.1) is 0 Å². The van der Waals surface area contributed by atoms with Gasteiger partial charge in [-0.1, -0.05) is 12.1 Å². The first kappa shape index (κ1) is 11.0. The smallest absolute Gasteiger partial charge is 0.212 e. The molecular formula is C12H7BrFNO. The van der Waals surface area contributed by atoms with E-state index in [-0.39, 0.29) is 11.5 Å². The maximum Gasteiger partial charge on any atom is 0.212 e. The number of hydrogen-bond donors (Lipinski definition) is 0. The molecule has 0 aliphatic rings. The van der Waals surface area contributed by atoms with Gasteiger partial charge in [0, 0.05) is 16.2 Å². The van der Waals surface area contributed by atoms with Crippen molar-refractivity contribution >= 4 is 21.7 Å². The predicted octanol–water partition coefficient (Wildman–Crippen LogP) is 3.21. The van der Waals surface area contributed by atoms with E-state index in [9.17, 15) is 9.18 Å². The van der Waals surface area contributed by atoms with Gasteiger partial charge in [-0.05, 0) is 40.2 Å². The number of hydrogen-bond acceptors (Lipinski definition) is 2. The van der Waals surface area contributed by atoms with Crippen LogP contribution in [0.2, 0.25) is 0 Å². The normalized spacial score (nSPS) is 10.1. The minimum absolute atomic E-state index is 0.285. The van der Waals surface area contributed by atoms with Crippen LogP contribution in [0.3, 0.4) is 0 Å². The van der Waals surface area contributed by atoms with Crippen molar-refractivity contribution in [3.63, 3.8) is 0 Å². The number of carbonyl (C=O) groups excluding carboxylic acids is 1. The highest BCUT2D eigenvalue weighted by atomic mass is 79.9. The van der Waals surface area contributed by atoms with Gasteiger partial charge in [0.05, 0.1) is 0 Å². The minimum Gasteiger partial charge on any atom is -0.287 e. The number of aromatic nitrogens is 1. The second kappa shape index (κ2) is 4.53. The molecule has 2 aromatic rings. The Morgan fingerprint density at radius 1 is 1.25 bits per heavy atom. The quantitative estimate of drug-likeness (QED) is 0.790. The number of pyridine rings is 1. The van der Waals surface area contributed by atoms with Crippen molar-refractivity contribution in [2.24, 2.45) is 0 Å². The van der Waals surface area contributed by atoms with Gasteiger partial charge in [0.25, 0.3) is 0 Å². The number of rotatable bonds is 2. The second-order valence-electron chi connectivity index (χ2n) is 3.17. The third-order valence-electron chi connectivity index (χ3n) is 2.06. The summed E-state index contributed by atoms with van der Waals surface area (Å²) in [5, 5.41) is 0. The zero-order valence-electron chi connectivity index (χ0n) is 8.15. The fourth-order valence-corrected chi connectivity index (χ4v) is 1.75. The molecule has 0 amide bonds. The molecule has 2 rings (SSSR count). The number of halogens is 2. The summed E-state index contributed by atoms with van der Waals surface area (Å²) in [7, 11) is 0. The average molecular weight is 280 g/mol. The molecule has 2 nitrogen and oxygen atoms in total. The number of benzene rings is 1. The molecule has 1 aromatic heterocycles. The Morgan fingerprint density at radius 3 is 2.75 bits per heavy atom. The molecule has 1 aromatic carbocycles. The van der Waals surface area contributed by atoms with E-state index in [1.807, 2.05) is 0 Å². The van der Waals surface area contributed by atoms with Crippen molar-refractivity contribution in [2.45, 2.75) is 0 Å². The first-order chi connectivity index (χ1) is 7.68. The maximum atomic E-state index is 13.0. The van der Waals surface area contributed by atoms with Crippen molar-refractivity contribution in [1.82, 2.24) is 4.98 Å². The van der Waals surface area contributed by atoms with Crippen LogP contribution in [0.1, 0.15) is 16.1 Å². The van der Waals surface area contributed by atoms with Crippen molar-refractivity contribution in [1.29, 1.82) is 0 Å². The lowest BCUT2D eigenvalue weighted by Crippen LogP contribution is -2.05. The molecule has 0 fully saturated rings. The molecule has 0 saturated carbocycles. The lowest BCUT2D eigenvalue weighted by Gasteiger charge is -2.02. The van der Waals surface area contributed by atoms with E-state index in [4.69, 9.17) is 0 Å². The topological polar surface area (TPSA) is 30.0 Å². The zero-order valence-corrected chi connectivity index (χ0v) is 9.74. The molecule has 80 valence electrons. The molecule has 0 unspecified atom stereocenters. The highest BCUT2D eigenvalue weighted by molar-refractivity contribution is 9.10. The molecule has 0 aliphatic carbocycles. The fraction of sp³-hybridized carbons (Fsp3) is 0. The van der Waals surface area contributed by atoms with Crippen LogP contribution in [0.4, 0.5) is 4.39 Å². The van der Waals surface area contributed by atoms with E-state index in [0.29, 0.717) is 10.0 Å². The van der Waals surface area contributed by atoms with E-state index in [2.05, 4.69) is 20.9 Å². The number of carbonyl (C=O) groups is 1. The summed E-state index contributed by atoms with van der Waals surface area (Å²) in [6.07, 6.45) is 1.53. The number of ketones is 1. The van der Waals surface area contributed by atoms with Gasteiger partial charge in [0.2, 0.25) is 5.78 Å². The van der Waals surface area contributed by atoms with Crippen molar-refractivity contribution in [2.75, 3.05) is 0 Å². The van der Waals surface area contributed by atoms with Crippen LogP contribution in [-0.4, -0.2) is 10.8 Å². The van der Waals surface area contributed by atoms with Crippen LogP contribution in [0, 0.1) is 5.82 Å². The largest absolute Gasteiger partial charge is 0.287 e. The summed E-state index contributed by atoms with van der Waals surface area (Å²) in [6, 6.07) is 8.99. The van der Waals surface area contributed by atoms with Gasteiger partial charge in [0.15, 0.2) is 0 Å². The molecule has 16 heavy (non-hydrogen) atoms. The Balaban J connectivity index is 2.44. The van der Waals surface area contributed by atoms with Crippen molar-refractivity contribution < 1.29 is 9.18 Å². The van der Waals surface area contributed by atoms with Gasteiger partial charge in [0.1, 0.15) is 11.5 Å². The van der Waals surface area contributed by atoms with Crippen LogP contribution in [0.25, 0.3) is 0 Å². The van der Waals surface area contributed by atoms with Crippen LogP contribution < -0.4 is 0 Å². The molecule has 0 atom stereocenters. The van der Waals surface area contributed by atoms with Crippen LogP contribution in [0.5, 0.6) is 0 Å². The second-order valence-corrected chi connectivity index (χ2v) is 4.03. The van der Waals surface area contributed by atoms with Crippen LogP contribution in [0.15, 0.2) is 47.1 Å². The standard InChI is InChI=1S/C12H7BrFNO/c13-10-5-2-6-15-11(10)12(16)8-3-1-4-9(14)7-8/h1-7H. The summed E-state index contributed by atoms with van der Waals surface area (Å²) < 4.78 is 13.6. The molecule has 0 N–H and O–H groups in total. The molecule has 0 spiro atoms. The molecule has 0 aliphatic heterocycles. The first-order valence-corrected chi connectivity index (χ1v) is 5.38. The summed E-state index contributed by atoms with van der Waals surface area (Å²) in [5.41, 5.74) is 0.576. The van der Waals surface area contributed by atoms with Gasteiger partial charge < -0.3 is 0 Å². The van der Waals surface area contributed by atoms with Crippen LogP contribution >= 0.6 is 15.9 Å². The van der Waals surface area contributed by atoms with E-state index in [0.717, 1.165) is 0 Å². The summed E-state index contributed by atoms with van der Waals surface area (Å²) in [6.45, 7) is 0. The predicted molar refractivity (Wildman–Crippen MR) is 61.8 cm³/mol. The molecule has 0 saturated heterocycles. The van der Waals surface area contributed by atoms with Gasteiger partial charge in [-0.3, -0.25) is 9.78 Å². The van der Waals surface area contributed by atoms with E-state index in [1.165, 1.54) is 24.4 Å². The van der Waals surface area contributed by atoms with Gasteiger partial charge in [-0.25, -0.2) is 4.39 Å². The Labute approximate surface area is 100 Å². The van der Waals surface area contributed by atoms with Gasteiger partial charge in [-0.2, -0.15) is 0 Å². The van der Waals surface area contributed by atoms with Gasteiger partial charge >= 0.3 is 0 Å². The molecule has 0 radical (unpaired) electrons. The summed E-state index contributed by atoms with van der Waals surface area (Å²) in [4.78, 5) is 15.9. The lowest BCUT2D eigenvalue weighted by molar-refractivity contribution is 0.103. The monoisotopic (exact) mass is 279 g/mol. The van der Waals surface area contributed by atoms with E-state index >= 15 is 0 Å². The highest BCUT2D eigenvalue weighted by Crippen LogP contribution is 2.17. The lowest BCUT2D eigenvalue weighted by atomic mass is 10.1. The summed E-state index contributed by atoms with van der Waals surface area (Å²) in [5.74, 6) is -0.732. The third kappa shape index (κ3) is 2.17. The Kier molecular flexibility index (Phi) is 3.10. The van der Waals surface area contributed by atoms with Crippen molar-refractivity contribution in [3.05, 3.63) is 64.1 Å². The minimum atomic E-state index is -0.432. The van der Waals surface area contributed by atoms with E-state index in [1.54, 1.807) is 18.2 Å². The molecule has 4 heteroatoms. The Hall–Kier alpha value is -1.55. The Morgan fingerprint density at radius 2 is 2.06 bits per heavy atom. The number of nitrogens with zero attached hydrogens (tertiary/aromatic N) is 1. The Bertz CT molecular complexity index is 542. The maximum absolute atomic E-state index is 13.0. The third-order valence-corrected chi connectivity index (χ3v) is 2.70. The average Bonchev–Trinajstić information content (AvgIpc) is 2.29. The summed E-state index contributed by atoms with van der Waals surface area (Å²) >= 11 is 3.24. The highest BCUT2D eigenvalue weighted by Gasteiger charge is 2.13. The molecular weight excluding hydrogens is 273 g/mol. The van der Waals surface area contributed by atoms with Crippen molar-refractivity contribution in [3.8, 4) is 0 Å². The molecule has 1 heterocycles. The van der Waals surface area contributed by atoms with Crippen LogP contribution in [-0.2, 0) is 0 Å². The zero-order chi connectivity index (χ0) is 11.5.